The second kappa shape index (κ2) is 12.5. The maximum atomic E-state index is 14.8. The Kier molecular flexibility index (Phi) is 9.05. The van der Waals surface area contributed by atoms with Gasteiger partial charge in [0.2, 0.25) is 0 Å². The topological polar surface area (TPSA) is 41.6 Å². The number of rotatable bonds is 8. The van der Waals surface area contributed by atoms with E-state index >= 15 is 0 Å². The summed E-state index contributed by atoms with van der Waals surface area (Å²) in [5, 5.41) is 4.35. The average Bonchev–Trinajstić information content (AvgIpc) is 3.35. The fourth-order valence-corrected chi connectivity index (χ4v) is 7.68. The van der Waals surface area contributed by atoms with Crippen LogP contribution in [-0.2, 0) is 6.54 Å². The second-order valence-corrected chi connectivity index (χ2v) is 12.6. The van der Waals surface area contributed by atoms with Crippen molar-refractivity contribution in [2.45, 2.75) is 56.1 Å². The van der Waals surface area contributed by atoms with Gasteiger partial charge in [0.15, 0.2) is 0 Å². The zero-order chi connectivity index (χ0) is 28.4. The molecule has 1 aliphatic rings. The van der Waals surface area contributed by atoms with Crippen LogP contribution in [0.15, 0.2) is 59.5 Å². The molecule has 1 saturated carbocycles. The lowest BCUT2D eigenvalue weighted by molar-refractivity contribution is 0.0604. The van der Waals surface area contributed by atoms with Crippen LogP contribution >= 0.6 is 34.7 Å². The van der Waals surface area contributed by atoms with Crippen LogP contribution in [0.5, 0.6) is 5.75 Å². The highest BCUT2D eigenvalue weighted by molar-refractivity contribution is 7.98. The molecule has 40 heavy (non-hydrogen) atoms. The van der Waals surface area contributed by atoms with Crippen molar-refractivity contribution < 1.29 is 13.9 Å². The number of thiophene rings is 1. The van der Waals surface area contributed by atoms with E-state index in [1.54, 1.807) is 24.9 Å². The van der Waals surface area contributed by atoms with Crippen LogP contribution in [0.25, 0.3) is 21.2 Å². The van der Waals surface area contributed by atoms with Crippen LogP contribution in [0.4, 0.5) is 4.39 Å². The number of nitrogens with zero attached hydrogens (tertiary/aromatic N) is 1. The molecule has 1 aliphatic carbocycles. The lowest BCUT2D eigenvalue weighted by Crippen LogP contribution is -2.44. The summed E-state index contributed by atoms with van der Waals surface area (Å²) in [7, 11) is 3.65. The number of nitrogens with one attached hydrogen (secondary N) is 1. The normalized spacial score (nSPS) is 17.2. The number of amides is 1. The van der Waals surface area contributed by atoms with Crippen molar-refractivity contribution in [1.82, 2.24) is 10.2 Å². The number of halogens is 2. The Morgan fingerprint density at radius 2 is 1.80 bits per heavy atom. The van der Waals surface area contributed by atoms with Gasteiger partial charge in [0.05, 0.1) is 16.8 Å². The van der Waals surface area contributed by atoms with Crippen molar-refractivity contribution in [3.05, 3.63) is 81.4 Å². The number of benzene rings is 3. The smallest absolute Gasteiger partial charge is 0.266 e. The Labute approximate surface area is 248 Å². The van der Waals surface area contributed by atoms with Gasteiger partial charge < -0.3 is 15.0 Å². The van der Waals surface area contributed by atoms with Gasteiger partial charge in [0.25, 0.3) is 5.91 Å². The summed E-state index contributed by atoms with van der Waals surface area (Å²) in [5.74, 6) is 0.222. The third-order valence-corrected chi connectivity index (χ3v) is 10.4. The monoisotopic (exact) mass is 596 g/mol. The Hall–Kier alpha value is -2.58. The number of carbonyl (C=O) groups is 1. The zero-order valence-corrected chi connectivity index (χ0v) is 25.6. The van der Waals surface area contributed by atoms with Crippen LogP contribution in [0, 0.1) is 12.7 Å². The molecule has 0 unspecified atom stereocenters. The minimum atomic E-state index is -0.352. The summed E-state index contributed by atoms with van der Waals surface area (Å²) in [6.45, 7) is 2.27. The predicted molar refractivity (Wildman–Crippen MR) is 167 cm³/mol. The first-order valence-corrected chi connectivity index (χ1v) is 15.9. The highest BCUT2D eigenvalue weighted by Crippen LogP contribution is 2.41. The summed E-state index contributed by atoms with van der Waals surface area (Å²) in [6, 6.07) is 18.2. The van der Waals surface area contributed by atoms with Crippen LogP contribution in [-0.4, -0.2) is 43.3 Å². The van der Waals surface area contributed by atoms with Crippen LogP contribution in [0.3, 0.4) is 0 Å². The molecule has 0 saturated heterocycles. The molecular weight excluding hydrogens is 563 g/mol. The van der Waals surface area contributed by atoms with Crippen molar-refractivity contribution in [3.63, 3.8) is 0 Å². The van der Waals surface area contributed by atoms with Gasteiger partial charge in [0, 0.05) is 34.5 Å². The van der Waals surface area contributed by atoms with E-state index in [0.29, 0.717) is 32.6 Å². The molecule has 1 N–H and O–H groups in total. The molecule has 1 heterocycles. The van der Waals surface area contributed by atoms with Crippen LogP contribution < -0.4 is 10.1 Å². The maximum Gasteiger partial charge on any atom is 0.266 e. The van der Waals surface area contributed by atoms with Gasteiger partial charge in [0.1, 0.15) is 16.4 Å². The van der Waals surface area contributed by atoms with Crippen LogP contribution in [0.1, 0.15) is 46.5 Å². The van der Waals surface area contributed by atoms with E-state index in [4.69, 9.17) is 16.3 Å². The average molecular weight is 597 g/mol. The molecule has 4 aromatic rings. The highest BCUT2D eigenvalue weighted by atomic mass is 35.5. The highest BCUT2D eigenvalue weighted by Gasteiger charge is 2.32. The first-order chi connectivity index (χ1) is 19.3. The van der Waals surface area contributed by atoms with Gasteiger partial charge in [-0.25, -0.2) is 4.39 Å². The first kappa shape index (κ1) is 28.9. The molecule has 0 radical (unpaired) electrons. The Bertz CT molecular complexity index is 1510. The number of carbonyl (C=O) groups excluding carboxylic acids is 1. The molecule has 5 rings (SSSR count). The fourth-order valence-electron chi connectivity index (χ4n) is 5.65. The predicted octanol–water partition coefficient (Wildman–Crippen LogP) is 8.57. The quantitative estimate of drug-likeness (QED) is 0.207. The van der Waals surface area contributed by atoms with Crippen LogP contribution in [0.2, 0.25) is 5.02 Å². The van der Waals surface area contributed by atoms with Gasteiger partial charge >= 0.3 is 0 Å². The van der Waals surface area contributed by atoms with Crippen molar-refractivity contribution >= 4 is 50.7 Å². The summed E-state index contributed by atoms with van der Waals surface area (Å²) < 4.78 is 21.0. The van der Waals surface area contributed by atoms with Gasteiger partial charge in [-0.05, 0) is 92.9 Å². The number of fused-ring (bicyclic) bond motifs is 1. The second-order valence-electron chi connectivity index (χ2n) is 10.3. The number of thioether (sulfide) groups is 1. The lowest BCUT2D eigenvalue weighted by Gasteiger charge is -2.37. The standard InChI is InChI=1S/C32H34ClFN2O2S2/c1-19-5-15-26(34)30-28(19)29(33)31(40-30)32(37)36(24-11-9-23(35-2)10-12-24)18-22-17-21(8-16-27(22)38-3)20-6-13-25(39-4)14-7-20/h5-8,13-17,23-24,35H,9-12,18H2,1-4H3/t23-,24-. The van der Waals surface area contributed by atoms with Crippen molar-refractivity contribution in [2.75, 3.05) is 20.4 Å². The third kappa shape index (κ3) is 5.75. The minimum Gasteiger partial charge on any atom is -0.496 e. The summed E-state index contributed by atoms with van der Waals surface area (Å²) in [6.07, 6.45) is 5.79. The number of methoxy groups -OCH3 is 1. The molecular formula is C32H34ClFN2O2S2. The Balaban J connectivity index is 1.55. The number of hydrogen-bond donors (Lipinski definition) is 1. The van der Waals surface area contributed by atoms with E-state index < -0.39 is 0 Å². The molecule has 0 bridgehead atoms. The van der Waals surface area contributed by atoms with E-state index in [-0.39, 0.29) is 17.8 Å². The maximum absolute atomic E-state index is 14.8. The minimum absolute atomic E-state index is 0.0403. The Morgan fingerprint density at radius 3 is 2.42 bits per heavy atom. The third-order valence-electron chi connectivity index (χ3n) is 7.99. The van der Waals surface area contributed by atoms with Gasteiger partial charge in [-0.2, -0.15) is 0 Å². The summed E-state index contributed by atoms with van der Waals surface area (Å²) in [5.41, 5.74) is 3.96. The van der Waals surface area contributed by atoms with E-state index in [0.717, 1.165) is 65.0 Å². The molecule has 1 amide bonds. The molecule has 8 heteroatoms. The fraction of sp³-hybridized carbons (Fsp3) is 0.344. The summed E-state index contributed by atoms with van der Waals surface area (Å²) >= 11 is 9.67. The number of aryl methyl sites for hydroxylation is 1. The molecule has 210 valence electrons. The molecule has 0 spiro atoms. The molecule has 4 nitrogen and oxygen atoms in total. The molecule has 0 atom stereocenters. The first-order valence-electron chi connectivity index (χ1n) is 13.5. The van der Waals surface area contributed by atoms with E-state index in [1.165, 1.54) is 11.0 Å². The lowest BCUT2D eigenvalue weighted by atomic mass is 9.89. The molecule has 1 fully saturated rings. The molecule has 1 aromatic heterocycles. The summed E-state index contributed by atoms with van der Waals surface area (Å²) in [4.78, 5) is 17.8. The van der Waals surface area contributed by atoms with E-state index in [2.05, 4.69) is 48.0 Å². The number of hydrogen-bond acceptors (Lipinski definition) is 5. The van der Waals surface area contributed by atoms with Gasteiger partial charge in [-0.3, -0.25) is 4.79 Å². The molecule has 3 aromatic carbocycles. The largest absolute Gasteiger partial charge is 0.496 e. The zero-order valence-electron chi connectivity index (χ0n) is 23.2. The number of ether oxygens (including phenoxy) is 1. The van der Waals surface area contributed by atoms with E-state index in [9.17, 15) is 9.18 Å². The molecule has 0 aliphatic heterocycles. The van der Waals surface area contributed by atoms with E-state index in [1.807, 2.05) is 24.9 Å². The SMILES string of the molecule is CN[C@H]1CC[C@H](N(Cc2cc(-c3ccc(SC)cc3)ccc2OC)C(=O)c2sc3c(F)ccc(C)c3c2Cl)CC1. The Morgan fingerprint density at radius 1 is 1.10 bits per heavy atom. The van der Waals surface area contributed by atoms with Crippen molar-refractivity contribution in [3.8, 4) is 16.9 Å². The van der Waals surface area contributed by atoms with Crippen molar-refractivity contribution in [2.24, 2.45) is 0 Å². The van der Waals surface area contributed by atoms with Gasteiger partial charge in [-0.15, -0.1) is 23.1 Å². The van der Waals surface area contributed by atoms with Gasteiger partial charge in [-0.1, -0.05) is 35.9 Å². The van der Waals surface area contributed by atoms with Crippen molar-refractivity contribution in [1.29, 1.82) is 0 Å².